The SMILES string of the molecule is CN(Cc1ccc(/C(N)=N/O)cc1)Cc1ccccn1. The largest absolute Gasteiger partial charge is 0.409 e. The third-order valence-corrected chi connectivity index (χ3v) is 2.97. The standard InChI is InChI=1S/C15H18N4O/c1-19(11-14-4-2-3-9-17-14)10-12-5-7-13(8-6-12)15(16)18-20/h2-9,20H,10-11H2,1H3,(H2,16,18). The van der Waals surface area contributed by atoms with Gasteiger partial charge in [-0.05, 0) is 24.7 Å². The van der Waals surface area contributed by atoms with Crippen LogP contribution in [0.1, 0.15) is 16.8 Å². The molecule has 20 heavy (non-hydrogen) atoms. The molecule has 0 radical (unpaired) electrons. The summed E-state index contributed by atoms with van der Waals surface area (Å²) in [6, 6.07) is 13.6. The normalized spacial score (nSPS) is 11.8. The van der Waals surface area contributed by atoms with Gasteiger partial charge in [-0.2, -0.15) is 0 Å². The van der Waals surface area contributed by atoms with Gasteiger partial charge in [0, 0.05) is 24.8 Å². The van der Waals surface area contributed by atoms with Crippen LogP contribution in [0.4, 0.5) is 0 Å². The van der Waals surface area contributed by atoms with Gasteiger partial charge in [0.05, 0.1) is 5.69 Å². The molecule has 0 aliphatic rings. The maximum absolute atomic E-state index is 8.61. The van der Waals surface area contributed by atoms with Crippen LogP contribution in [-0.2, 0) is 13.1 Å². The number of rotatable bonds is 5. The second-order valence-electron chi connectivity index (χ2n) is 4.68. The van der Waals surface area contributed by atoms with Gasteiger partial charge in [-0.1, -0.05) is 35.5 Å². The molecule has 0 aliphatic heterocycles. The molecule has 3 N–H and O–H groups in total. The number of hydrogen-bond acceptors (Lipinski definition) is 4. The van der Waals surface area contributed by atoms with Crippen molar-refractivity contribution in [2.45, 2.75) is 13.1 Å². The number of hydrogen-bond donors (Lipinski definition) is 2. The van der Waals surface area contributed by atoms with E-state index in [2.05, 4.69) is 15.0 Å². The van der Waals surface area contributed by atoms with Gasteiger partial charge in [-0.3, -0.25) is 9.88 Å². The van der Waals surface area contributed by atoms with Gasteiger partial charge < -0.3 is 10.9 Å². The van der Waals surface area contributed by atoms with Crippen molar-refractivity contribution >= 4 is 5.84 Å². The fraction of sp³-hybridized carbons (Fsp3) is 0.200. The summed E-state index contributed by atoms with van der Waals surface area (Å²) >= 11 is 0. The molecule has 0 spiro atoms. The smallest absolute Gasteiger partial charge is 0.170 e. The molecular weight excluding hydrogens is 252 g/mol. The molecule has 1 aromatic heterocycles. The lowest BCUT2D eigenvalue weighted by molar-refractivity contribution is 0.315. The van der Waals surface area contributed by atoms with Crippen LogP contribution in [0, 0.1) is 0 Å². The van der Waals surface area contributed by atoms with E-state index in [9.17, 15) is 0 Å². The van der Waals surface area contributed by atoms with Crippen LogP contribution < -0.4 is 5.73 Å². The summed E-state index contributed by atoms with van der Waals surface area (Å²) in [6.45, 7) is 1.61. The van der Waals surface area contributed by atoms with Crippen LogP contribution in [0.5, 0.6) is 0 Å². The van der Waals surface area contributed by atoms with Gasteiger partial charge in [-0.15, -0.1) is 0 Å². The van der Waals surface area contributed by atoms with E-state index in [1.807, 2.05) is 49.5 Å². The van der Waals surface area contributed by atoms with Crippen molar-refractivity contribution in [1.29, 1.82) is 0 Å². The number of oxime groups is 1. The Morgan fingerprint density at radius 1 is 1.20 bits per heavy atom. The molecule has 0 aliphatic carbocycles. The van der Waals surface area contributed by atoms with E-state index < -0.39 is 0 Å². The Kier molecular flexibility index (Phi) is 4.68. The number of nitrogens with zero attached hydrogens (tertiary/aromatic N) is 3. The Balaban J connectivity index is 1.96. The minimum absolute atomic E-state index is 0.124. The van der Waals surface area contributed by atoms with Crippen molar-refractivity contribution in [1.82, 2.24) is 9.88 Å². The average Bonchev–Trinajstić information content (AvgIpc) is 2.48. The highest BCUT2D eigenvalue weighted by Crippen LogP contribution is 2.08. The van der Waals surface area contributed by atoms with Crippen LogP contribution in [0.25, 0.3) is 0 Å². The molecule has 2 rings (SSSR count). The summed E-state index contributed by atoms with van der Waals surface area (Å²) in [5.74, 6) is 0.124. The minimum atomic E-state index is 0.124. The third kappa shape index (κ3) is 3.80. The first kappa shape index (κ1) is 14.0. The summed E-state index contributed by atoms with van der Waals surface area (Å²) in [7, 11) is 2.05. The zero-order valence-corrected chi connectivity index (χ0v) is 11.4. The fourth-order valence-electron chi connectivity index (χ4n) is 1.97. The first-order chi connectivity index (χ1) is 9.69. The monoisotopic (exact) mass is 270 g/mol. The first-order valence-electron chi connectivity index (χ1n) is 6.34. The highest BCUT2D eigenvalue weighted by Gasteiger charge is 2.04. The highest BCUT2D eigenvalue weighted by molar-refractivity contribution is 5.96. The van der Waals surface area contributed by atoms with Crippen LogP contribution in [0.2, 0.25) is 0 Å². The number of nitrogens with two attached hydrogens (primary N) is 1. The number of pyridine rings is 1. The number of aromatic nitrogens is 1. The predicted octanol–water partition coefficient (Wildman–Crippen LogP) is 1.81. The minimum Gasteiger partial charge on any atom is -0.409 e. The second-order valence-corrected chi connectivity index (χ2v) is 4.68. The van der Waals surface area contributed by atoms with E-state index in [0.717, 1.165) is 24.3 Å². The quantitative estimate of drug-likeness (QED) is 0.376. The van der Waals surface area contributed by atoms with Gasteiger partial charge in [0.15, 0.2) is 5.84 Å². The lowest BCUT2D eigenvalue weighted by Gasteiger charge is -2.16. The fourth-order valence-corrected chi connectivity index (χ4v) is 1.97. The van der Waals surface area contributed by atoms with Crippen molar-refractivity contribution in [2.75, 3.05) is 7.05 Å². The van der Waals surface area contributed by atoms with E-state index in [0.29, 0.717) is 5.56 Å². The summed E-state index contributed by atoms with van der Waals surface area (Å²) in [5, 5.41) is 11.6. The van der Waals surface area contributed by atoms with Gasteiger partial charge in [0.1, 0.15) is 0 Å². The lowest BCUT2D eigenvalue weighted by Crippen LogP contribution is -2.18. The van der Waals surface area contributed by atoms with Crippen LogP contribution in [-0.4, -0.2) is 28.0 Å². The van der Waals surface area contributed by atoms with Crippen molar-refractivity contribution in [3.63, 3.8) is 0 Å². The van der Waals surface area contributed by atoms with Gasteiger partial charge in [0.2, 0.25) is 0 Å². The zero-order chi connectivity index (χ0) is 14.4. The molecule has 104 valence electrons. The van der Waals surface area contributed by atoms with Crippen LogP contribution >= 0.6 is 0 Å². The maximum atomic E-state index is 8.61. The molecule has 0 fully saturated rings. The molecule has 0 amide bonds. The van der Waals surface area contributed by atoms with Crippen LogP contribution in [0.15, 0.2) is 53.8 Å². The van der Waals surface area contributed by atoms with Gasteiger partial charge in [-0.25, -0.2) is 0 Å². The molecule has 0 unspecified atom stereocenters. The zero-order valence-electron chi connectivity index (χ0n) is 11.4. The molecular formula is C15H18N4O. The number of amidine groups is 1. The van der Waals surface area contributed by atoms with E-state index >= 15 is 0 Å². The molecule has 0 atom stereocenters. The molecule has 1 aromatic carbocycles. The topological polar surface area (TPSA) is 74.7 Å². The van der Waals surface area contributed by atoms with E-state index in [-0.39, 0.29) is 5.84 Å². The summed E-state index contributed by atoms with van der Waals surface area (Å²) < 4.78 is 0. The Hall–Kier alpha value is -2.40. The second kappa shape index (κ2) is 6.68. The molecule has 5 heteroatoms. The lowest BCUT2D eigenvalue weighted by atomic mass is 10.1. The van der Waals surface area contributed by atoms with Gasteiger partial charge in [0.25, 0.3) is 0 Å². The first-order valence-corrected chi connectivity index (χ1v) is 6.34. The highest BCUT2D eigenvalue weighted by atomic mass is 16.4. The van der Waals surface area contributed by atoms with Crippen molar-refractivity contribution in [3.8, 4) is 0 Å². The Morgan fingerprint density at radius 3 is 2.55 bits per heavy atom. The van der Waals surface area contributed by atoms with Gasteiger partial charge >= 0.3 is 0 Å². The van der Waals surface area contributed by atoms with E-state index in [1.54, 1.807) is 6.20 Å². The van der Waals surface area contributed by atoms with E-state index in [1.165, 1.54) is 0 Å². The molecule has 0 saturated carbocycles. The predicted molar refractivity (Wildman–Crippen MR) is 78.4 cm³/mol. The Bertz CT molecular complexity index is 566. The molecule has 1 heterocycles. The van der Waals surface area contributed by atoms with Crippen molar-refractivity contribution in [3.05, 3.63) is 65.5 Å². The molecule has 0 saturated heterocycles. The van der Waals surface area contributed by atoms with Crippen molar-refractivity contribution < 1.29 is 5.21 Å². The molecule has 0 bridgehead atoms. The summed E-state index contributed by atoms with van der Waals surface area (Å²) in [6.07, 6.45) is 1.80. The summed E-state index contributed by atoms with van der Waals surface area (Å²) in [4.78, 5) is 6.49. The number of benzene rings is 1. The molecule has 5 nitrogen and oxygen atoms in total. The Morgan fingerprint density at radius 2 is 1.95 bits per heavy atom. The van der Waals surface area contributed by atoms with E-state index in [4.69, 9.17) is 10.9 Å². The molecule has 2 aromatic rings. The Labute approximate surface area is 118 Å². The van der Waals surface area contributed by atoms with Crippen LogP contribution in [0.3, 0.4) is 0 Å². The third-order valence-electron chi connectivity index (χ3n) is 2.97. The maximum Gasteiger partial charge on any atom is 0.170 e. The summed E-state index contributed by atoms with van der Waals surface area (Å²) in [5.41, 5.74) is 8.45. The average molecular weight is 270 g/mol. The van der Waals surface area contributed by atoms with Crippen molar-refractivity contribution in [2.24, 2.45) is 10.9 Å².